The Balaban J connectivity index is 1.59. The van der Waals surface area contributed by atoms with Gasteiger partial charge in [-0.3, -0.25) is 0 Å². The van der Waals surface area contributed by atoms with Crippen molar-refractivity contribution < 1.29 is 9.63 Å². The molecule has 1 unspecified atom stereocenters. The van der Waals surface area contributed by atoms with Crippen molar-refractivity contribution in [2.75, 3.05) is 18.0 Å². The number of aliphatic imine (C=N–C) groups is 1. The summed E-state index contributed by atoms with van der Waals surface area (Å²) in [7, 11) is 0. The van der Waals surface area contributed by atoms with E-state index in [1.807, 2.05) is 19.1 Å². The average molecular weight is 437 g/mol. The molecule has 1 saturated carbocycles. The second-order valence-electron chi connectivity index (χ2n) is 9.31. The topological polar surface area (TPSA) is 127 Å². The average Bonchev–Trinajstić information content (AvgIpc) is 3.51. The number of nitrogens with zero attached hydrogens (tertiary/aromatic N) is 4. The fraction of sp³-hybridized carbons (Fsp3) is 0.458. The van der Waals surface area contributed by atoms with Crippen LogP contribution < -0.4 is 16.4 Å². The first kappa shape index (κ1) is 22.1. The second kappa shape index (κ2) is 8.43. The third-order valence-electron chi connectivity index (χ3n) is 6.75. The largest absolute Gasteiger partial charge is 0.404 e. The summed E-state index contributed by atoms with van der Waals surface area (Å²) in [6.07, 6.45) is 6.75. The van der Waals surface area contributed by atoms with E-state index in [2.05, 4.69) is 40.7 Å². The van der Waals surface area contributed by atoms with Crippen LogP contribution in [0.4, 0.5) is 6.01 Å². The van der Waals surface area contributed by atoms with E-state index in [-0.39, 0.29) is 11.2 Å². The molecule has 5 N–H and O–H groups in total. The minimum atomic E-state index is -0.622. The van der Waals surface area contributed by atoms with Gasteiger partial charge in [-0.2, -0.15) is 4.98 Å². The van der Waals surface area contributed by atoms with Gasteiger partial charge in [0.1, 0.15) is 5.82 Å². The van der Waals surface area contributed by atoms with E-state index in [4.69, 9.17) is 21.0 Å². The second-order valence-corrected chi connectivity index (χ2v) is 9.31. The molecule has 1 aromatic carbocycles. The van der Waals surface area contributed by atoms with Gasteiger partial charge in [-0.1, -0.05) is 36.0 Å². The number of nitrogens with two attached hydrogens (primary N) is 2. The lowest BCUT2D eigenvalue weighted by Gasteiger charge is -2.34. The first-order chi connectivity index (χ1) is 15.2. The van der Waals surface area contributed by atoms with Crippen LogP contribution in [0.5, 0.6) is 0 Å². The molecule has 4 rings (SSSR count). The molecule has 0 radical (unpaired) electrons. The predicted octanol–water partition coefficient (Wildman–Crippen LogP) is 2.94. The quantitative estimate of drug-likeness (QED) is 0.570. The molecular formula is C24H32N6O2. The number of benzene rings is 1. The summed E-state index contributed by atoms with van der Waals surface area (Å²) in [5.74, 6) is 1.40. The zero-order chi connectivity index (χ0) is 22.9. The van der Waals surface area contributed by atoms with Crippen LogP contribution in [0.1, 0.15) is 56.5 Å². The highest BCUT2D eigenvalue weighted by molar-refractivity contribution is 6.09. The Morgan fingerprint density at radius 3 is 2.53 bits per heavy atom. The van der Waals surface area contributed by atoms with Crippen molar-refractivity contribution in [1.82, 2.24) is 10.1 Å². The smallest absolute Gasteiger partial charge is 0.324 e. The normalized spacial score (nSPS) is 21.0. The number of allylic oxidation sites excluding steroid dienone is 1. The maximum absolute atomic E-state index is 10.2. The van der Waals surface area contributed by atoms with Crippen molar-refractivity contribution >= 4 is 17.8 Å². The molecule has 8 heteroatoms. The van der Waals surface area contributed by atoms with Gasteiger partial charge in [-0.25, -0.2) is 4.99 Å². The van der Waals surface area contributed by atoms with Crippen LogP contribution in [-0.4, -0.2) is 40.2 Å². The van der Waals surface area contributed by atoms with Crippen molar-refractivity contribution in [3.05, 3.63) is 59.8 Å². The third kappa shape index (κ3) is 4.41. The summed E-state index contributed by atoms with van der Waals surface area (Å²) in [6.45, 7) is 9.05. The zero-order valence-corrected chi connectivity index (χ0v) is 18.8. The molecule has 1 aromatic heterocycles. The van der Waals surface area contributed by atoms with E-state index in [0.717, 1.165) is 29.5 Å². The molecule has 1 aliphatic carbocycles. The lowest BCUT2D eigenvalue weighted by molar-refractivity contribution is 0.0341. The zero-order valence-electron chi connectivity index (χ0n) is 18.8. The van der Waals surface area contributed by atoms with Crippen LogP contribution in [0.25, 0.3) is 5.57 Å². The Hall–Kier alpha value is -3.13. The number of rotatable bonds is 7. The monoisotopic (exact) mass is 436 g/mol. The Morgan fingerprint density at radius 1 is 1.31 bits per heavy atom. The van der Waals surface area contributed by atoms with Crippen LogP contribution in [0.15, 0.2) is 52.4 Å². The minimum absolute atomic E-state index is 0.229. The molecule has 0 bridgehead atoms. The van der Waals surface area contributed by atoms with Crippen LogP contribution >= 0.6 is 0 Å². The predicted molar refractivity (Wildman–Crippen MR) is 126 cm³/mol. The van der Waals surface area contributed by atoms with E-state index in [1.54, 1.807) is 6.21 Å². The lowest BCUT2D eigenvalue weighted by atomic mass is 9.76. The first-order valence-electron chi connectivity index (χ1n) is 11.1. The van der Waals surface area contributed by atoms with Gasteiger partial charge in [0, 0.05) is 31.1 Å². The molecule has 0 amide bonds. The number of hydrogen-bond donors (Lipinski definition) is 3. The summed E-state index contributed by atoms with van der Waals surface area (Å²) in [6, 6.07) is 8.76. The lowest BCUT2D eigenvalue weighted by Crippen LogP contribution is -2.42. The highest BCUT2D eigenvalue weighted by Crippen LogP contribution is 2.50. The molecule has 2 aromatic rings. The molecular weight excluding hydrogens is 404 g/mol. The maximum atomic E-state index is 10.2. The first-order valence-corrected chi connectivity index (χ1v) is 11.1. The van der Waals surface area contributed by atoms with E-state index >= 15 is 0 Å². The van der Waals surface area contributed by atoms with Gasteiger partial charge in [-0.15, -0.1) is 0 Å². The Morgan fingerprint density at radius 2 is 1.97 bits per heavy atom. The SMILES string of the molecule is C=C(N)N=C/C(=C\N)c1ccc(C(C)(c2noc(N3CCC(C)(O)CC3)n2)C2CC2)cc1. The maximum Gasteiger partial charge on any atom is 0.324 e. The summed E-state index contributed by atoms with van der Waals surface area (Å²) in [4.78, 5) is 10.9. The number of aromatic nitrogens is 2. The van der Waals surface area contributed by atoms with Gasteiger partial charge in [0.25, 0.3) is 0 Å². The van der Waals surface area contributed by atoms with Gasteiger partial charge >= 0.3 is 6.01 Å². The molecule has 1 saturated heterocycles. The van der Waals surface area contributed by atoms with Gasteiger partial charge in [0.05, 0.1) is 11.0 Å². The van der Waals surface area contributed by atoms with Crippen LogP contribution in [-0.2, 0) is 5.41 Å². The molecule has 1 aliphatic heterocycles. The molecule has 2 fully saturated rings. The fourth-order valence-electron chi connectivity index (χ4n) is 4.32. The standard InChI is InChI=1S/C24H32N6O2/c1-16(26)27-15-18(14-25)17-4-6-19(7-5-17)24(3,20-8-9-20)21-28-22(32-29-21)30-12-10-23(2,31)11-13-30/h4-7,14-15,20,31H,1,8-13,25-26H2,2-3H3/b18-14+,27-15?. The Kier molecular flexibility index (Phi) is 5.81. The number of hydrogen-bond acceptors (Lipinski definition) is 8. The number of aliphatic hydroxyl groups is 1. The fourth-order valence-corrected chi connectivity index (χ4v) is 4.32. The minimum Gasteiger partial charge on any atom is -0.404 e. The van der Waals surface area contributed by atoms with Crippen molar-refractivity contribution in [3.8, 4) is 0 Å². The van der Waals surface area contributed by atoms with E-state index in [0.29, 0.717) is 43.7 Å². The van der Waals surface area contributed by atoms with Gasteiger partial charge < -0.3 is 26.0 Å². The number of anilines is 1. The van der Waals surface area contributed by atoms with Gasteiger partial charge in [-0.05, 0) is 56.6 Å². The van der Waals surface area contributed by atoms with Crippen LogP contribution in [0, 0.1) is 5.92 Å². The van der Waals surface area contributed by atoms with Crippen molar-refractivity contribution in [1.29, 1.82) is 0 Å². The van der Waals surface area contributed by atoms with Crippen LogP contribution in [0.3, 0.4) is 0 Å². The number of piperidine rings is 1. The third-order valence-corrected chi connectivity index (χ3v) is 6.75. The molecule has 1 atom stereocenters. The summed E-state index contributed by atoms with van der Waals surface area (Å²) in [5.41, 5.74) is 13.2. The molecule has 8 nitrogen and oxygen atoms in total. The van der Waals surface area contributed by atoms with Crippen molar-refractivity contribution in [3.63, 3.8) is 0 Å². The molecule has 2 aliphatic rings. The molecule has 2 heterocycles. The Bertz CT molecular complexity index is 1030. The summed E-state index contributed by atoms with van der Waals surface area (Å²) < 4.78 is 5.67. The van der Waals surface area contributed by atoms with Crippen molar-refractivity contribution in [2.45, 2.75) is 50.5 Å². The molecule has 32 heavy (non-hydrogen) atoms. The van der Waals surface area contributed by atoms with Crippen LogP contribution in [0.2, 0.25) is 0 Å². The summed E-state index contributed by atoms with van der Waals surface area (Å²) >= 11 is 0. The summed E-state index contributed by atoms with van der Waals surface area (Å²) in [5, 5.41) is 14.6. The van der Waals surface area contributed by atoms with E-state index in [9.17, 15) is 5.11 Å². The highest BCUT2D eigenvalue weighted by Gasteiger charge is 2.47. The van der Waals surface area contributed by atoms with E-state index < -0.39 is 5.60 Å². The van der Waals surface area contributed by atoms with Crippen molar-refractivity contribution in [2.24, 2.45) is 22.4 Å². The molecule has 170 valence electrons. The highest BCUT2D eigenvalue weighted by atomic mass is 16.5. The van der Waals surface area contributed by atoms with Gasteiger partial charge in [0.15, 0.2) is 5.82 Å². The van der Waals surface area contributed by atoms with E-state index in [1.165, 1.54) is 6.20 Å². The Labute approximate surface area is 188 Å². The molecule has 0 spiro atoms. The van der Waals surface area contributed by atoms with Gasteiger partial charge in [0.2, 0.25) is 0 Å².